The van der Waals surface area contributed by atoms with Crippen molar-refractivity contribution in [1.82, 2.24) is 14.8 Å². The maximum absolute atomic E-state index is 12.5. The average molecular weight is 407 g/mol. The van der Waals surface area contributed by atoms with Crippen molar-refractivity contribution in [2.24, 2.45) is 7.05 Å². The standard InChI is InChI=1S/C18H16Cl2N4OS/c1-11(17(25)21-15-10-13(19)8-9-14(15)20)26-18-23-22-16(24(18)2)12-6-4-3-5-7-12/h3-11H,1-2H3,(H,21,25)/t11-/m0/s1. The van der Waals surface area contributed by atoms with E-state index in [1.165, 1.54) is 11.8 Å². The number of anilines is 1. The lowest BCUT2D eigenvalue weighted by Crippen LogP contribution is -2.23. The third-order valence-electron chi connectivity index (χ3n) is 3.70. The third kappa shape index (κ3) is 4.20. The van der Waals surface area contributed by atoms with E-state index in [1.54, 1.807) is 25.1 Å². The largest absolute Gasteiger partial charge is 0.324 e. The van der Waals surface area contributed by atoms with Gasteiger partial charge in [-0.25, -0.2) is 0 Å². The van der Waals surface area contributed by atoms with Gasteiger partial charge in [0.05, 0.1) is 16.0 Å². The molecule has 5 nitrogen and oxygen atoms in total. The summed E-state index contributed by atoms with van der Waals surface area (Å²) in [4.78, 5) is 12.5. The number of carbonyl (C=O) groups excluding carboxylic acids is 1. The molecule has 3 rings (SSSR count). The fourth-order valence-corrected chi connectivity index (χ4v) is 3.45. The number of amides is 1. The molecule has 0 aliphatic carbocycles. The second-order valence-electron chi connectivity index (χ2n) is 5.60. The number of aromatic nitrogens is 3. The molecule has 8 heteroatoms. The van der Waals surface area contributed by atoms with Crippen molar-refractivity contribution in [3.63, 3.8) is 0 Å². The van der Waals surface area contributed by atoms with Crippen LogP contribution >= 0.6 is 35.0 Å². The van der Waals surface area contributed by atoms with Crippen LogP contribution in [-0.4, -0.2) is 25.9 Å². The van der Waals surface area contributed by atoms with Crippen LogP contribution < -0.4 is 5.32 Å². The van der Waals surface area contributed by atoms with Crippen LogP contribution in [0.3, 0.4) is 0 Å². The summed E-state index contributed by atoms with van der Waals surface area (Å²) in [6, 6.07) is 14.7. The Bertz CT molecular complexity index is 930. The van der Waals surface area contributed by atoms with E-state index in [4.69, 9.17) is 23.2 Å². The van der Waals surface area contributed by atoms with Gasteiger partial charge in [0.25, 0.3) is 0 Å². The second-order valence-corrected chi connectivity index (χ2v) is 7.76. The van der Waals surface area contributed by atoms with Gasteiger partial charge in [0.2, 0.25) is 5.91 Å². The Labute approximate surface area is 165 Å². The van der Waals surface area contributed by atoms with E-state index in [9.17, 15) is 4.79 Å². The molecule has 26 heavy (non-hydrogen) atoms. The number of carbonyl (C=O) groups is 1. The number of thioether (sulfide) groups is 1. The van der Waals surface area contributed by atoms with Gasteiger partial charge in [-0.2, -0.15) is 0 Å². The highest BCUT2D eigenvalue weighted by atomic mass is 35.5. The number of benzene rings is 2. The smallest absolute Gasteiger partial charge is 0.237 e. The molecule has 2 aromatic carbocycles. The minimum absolute atomic E-state index is 0.191. The van der Waals surface area contributed by atoms with Gasteiger partial charge in [0.15, 0.2) is 11.0 Å². The van der Waals surface area contributed by atoms with Crippen molar-refractivity contribution >= 4 is 46.6 Å². The number of hydrogen-bond acceptors (Lipinski definition) is 4. The number of rotatable bonds is 5. The predicted octanol–water partition coefficient (Wildman–Crippen LogP) is 4.91. The molecule has 0 aliphatic heterocycles. The van der Waals surface area contributed by atoms with E-state index in [-0.39, 0.29) is 5.91 Å². The molecule has 1 heterocycles. The van der Waals surface area contributed by atoms with E-state index >= 15 is 0 Å². The first-order valence-electron chi connectivity index (χ1n) is 7.83. The topological polar surface area (TPSA) is 59.8 Å². The summed E-state index contributed by atoms with van der Waals surface area (Å²) in [7, 11) is 1.88. The van der Waals surface area contributed by atoms with Crippen LogP contribution in [0, 0.1) is 0 Å². The van der Waals surface area contributed by atoms with Crippen molar-refractivity contribution in [3.05, 3.63) is 58.6 Å². The van der Waals surface area contributed by atoms with E-state index in [1.807, 2.05) is 41.9 Å². The van der Waals surface area contributed by atoms with Gasteiger partial charge in [0, 0.05) is 17.6 Å². The molecular formula is C18H16Cl2N4OS. The zero-order valence-corrected chi connectivity index (χ0v) is 16.4. The molecule has 134 valence electrons. The molecule has 0 aliphatic rings. The number of nitrogens with one attached hydrogen (secondary N) is 1. The van der Waals surface area contributed by atoms with Crippen molar-refractivity contribution < 1.29 is 4.79 Å². The van der Waals surface area contributed by atoms with Gasteiger partial charge < -0.3 is 9.88 Å². The lowest BCUT2D eigenvalue weighted by Gasteiger charge is -2.13. The maximum atomic E-state index is 12.5. The molecule has 0 bridgehead atoms. The zero-order chi connectivity index (χ0) is 18.7. The van der Waals surface area contributed by atoms with Gasteiger partial charge >= 0.3 is 0 Å². The first-order chi connectivity index (χ1) is 12.5. The van der Waals surface area contributed by atoms with Gasteiger partial charge in [-0.15, -0.1) is 10.2 Å². The summed E-state index contributed by atoms with van der Waals surface area (Å²) < 4.78 is 1.87. The summed E-state index contributed by atoms with van der Waals surface area (Å²) in [5.74, 6) is 0.557. The summed E-state index contributed by atoms with van der Waals surface area (Å²) in [6.45, 7) is 1.80. The van der Waals surface area contributed by atoms with Crippen LogP contribution in [-0.2, 0) is 11.8 Å². The summed E-state index contributed by atoms with van der Waals surface area (Å²) in [5.41, 5.74) is 1.46. The molecule has 1 atom stereocenters. The third-order valence-corrected chi connectivity index (χ3v) is 5.40. The molecule has 0 saturated carbocycles. The Hall–Kier alpha value is -2.02. The van der Waals surface area contributed by atoms with E-state index < -0.39 is 5.25 Å². The molecular weight excluding hydrogens is 391 g/mol. The van der Waals surface area contributed by atoms with Crippen molar-refractivity contribution in [2.75, 3.05) is 5.32 Å². The Morgan fingerprint density at radius 2 is 1.88 bits per heavy atom. The predicted molar refractivity (Wildman–Crippen MR) is 107 cm³/mol. The molecule has 1 aromatic heterocycles. The Balaban J connectivity index is 1.72. The summed E-state index contributed by atoms with van der Waals surface area (Å²) >= 11 is 13.4. The average Bonchev–Trinajstić information content (AvgIpc) is 2.99. The van der Waals surface area contributed by atoms with E-state index in [0.29, 0.717) is 20.9 Å². The molecule has 3 aromatic rings. The minimum atomic E-state index is -0.392. The van der Waals surface area contributed by atoms with Gasteiger partial charge in [-0.3, -0.25) is 4.79 Å². The van der Waals surface area contributed by atoms with Gasteiger partial charge in [-0.1, -0.05) is 65.3 Å². The highest BCUT2D eigenvalue weighted by molar-refractivity contribution is 8.00. The van der Waals surface area contributed by atoms with Crippen molar-refractivity contribution in [2.45, 2.75) is 17.3 Å². The van der Waals surface area contributed by atoms with Crippen LogP contribution in [0.5, 0.6) is 0 Å². The fraction of sp³-hybridized carbons (Fsp3) is 0.167. The first-order valence-corrected chi connectivity index (χ1v) is 9.46. The lowest BCUT2D eigenvalue weighted by molar-refractivity contribution is -0.115. The maximum Gasteiger partial charge on any atom is 0.237 e. The van der Waals surface area contributed by atoms with Crippen LogP contribution in [0.1, 0.15) is 6.92 Å². The molecule has 0 spiro atoms. The molecule has 0 unspecified atom stereocenters. The Morgan fingerprint density at radius 3 is 2.62 bits per heavy atom. The van der Waals surface area contributed by atoms with E-state index in [0.717, 1.165) is 11.4 Å². The number of hydrogen-bond donors (Lipinski definition) is 1. The van der Waals surface area contributed by atoms with Crippen LogP contribution in [0.4, 0.5) is 5.69 Å². The van der Waals surface area contributed by atoms with E-state index in [2.05, 4.69) is 15.5 Å². The first kappa shape index (κ1) is 18.8. The van der Waals surface area contributed by atoms with Crippen LogP contribution in [0.15, 0.2) is 53.7 Å². The molecule has 0 saturated heterocycles. The van der Waals surface area contributed by atoms with Crippen molar-refractivity contribution in [1.29, 1.82) is 0 Å². The summed E-state index contributed by atoms with van der Waals surface area (Å²) in [6.07, 6.45) is 0. The van der Waals surface area contributed by atoms with Crippen molar-refractivity contribution in [3.8, 4) is 11.4 Å². The second kappa shape index (κ2) is 8.12. The highest BCUT2D eigenvalue weighted by Crippen LogP contribution is 2.29. The van der Waals surface area contributed by atoms with Gasteiger partial charge in [-0.05, 0) is 25.1 Å². The Morgan fingerprint density at radius 1 is 1.15 bits per heavy atom. The fourth-order valence-electron chi connectivity index (χ4n) is 2.30. The zero-order valence-electron chi connectivity index (χ0n) is 14.1. The quantitative estimate of drug-likeness (QED) is 0.611. The van der Waals surface area contributed by atoms with Crippen LogP contribution in [0.25, 0.3) is 11.4 Å². The number of halogens is 2. The number of nitrogens with zero attached hydrogens (tertiary/aromatic N) is 3. The highest BCUT2D eigenvalue weighted by Gasteiger charge is 2.20. The Kier molecular flexibility index (Phi) is 5.86. The monoisotopic (exact) mass is 406 g/mol. The molecule has 0 radical (unpaired) electrons. The molecule has 0 fully saturated rings. The molecule has 1 N–H and O–H groups in total. The minimum Gasteiger partial charge on any atom is -0.324 e. The van der Waals surface area contributed by atoms with Gasteiger partial charge in [0.1, 0.15) is 0 Å². The SMILES string of the molecule is C[C@H](Sc1nnc(-c2ccccc2)n1C)C(=O)Nc1cc(Cl)ccc1Cl. The lowest BCUT2D eigenvalue weighted by atomic mass is 10.2. The molecule has 1 amide bonds. The normalized spacial score (nSPS) is 12.0. The van der Waals surface area contributed by atoms with Crippen LogP contribution in [0.2, 0.25) is 10.0 Å². The summed E-state index contributed by atoms with van der Waals surface area (Å²) in [5, 5.41) is 12.4.